The second kappa shape index (κ2) is 7.46. The molecule has 2 heterocycles. The van der Waals surface area contributed by atoms with E-state index in [-0.39, 0.29) is 11.9 Å². The van der Waals surface area contributed by atoms with Gasteiger partial charge in [0, 0.05) is 32.6 Å². The van der Waals surface area contributed by atoms with Gasteiger partial charge in [-0.3, -0.25) is 9.69 Å². The predicted octanol–water partition coefficient (Wildman–Crippen LogP) is 2.35. The van der Waals surface area contributed by atoms with E-state index in [0.717, 1.165) is 63.4 Å². The lowest BCUT2D eigenvalue weighted by Gasteiger charge is -2.38. The zero-order valence-electron chi connectivity index (χ0n) is 15.7. The third kappa shape index (κ3) is 4.61. The van der Waals surface area contributed by atoms with Crippen LogP contribution in [0.2, 0.25) is 0 Å². The highest BCUT2D eigenvalue weighted by Gasteiger charge is 2.37. The minimum Gasteiger partial charge on any atom is -0.444 e. The molecule has 3 rings (SSSR count). The molecule has 6 heteroatoms. The number of aryl methyl sites for hydroxylation is 1. The van der Waals surface area contributed by atoms with Crippen LogP contribution in [0.1, 0.15) is 57.6 Å². The highest BCUT2D eigenvalue weighted by atomic mass is 16.4. The Balaban J connectivity index is 1.57. The van der Waals surface area contributed by atoms with Crippen LogP contribution in [0.3, 0.4) is 0 Å². The number of hydrogen-bond donors (Lipinski definition) is 1. The fourth-order valence-corrected chi connectivity index (χ4v) is 4.20. The van der Waals surface area contributed by atoms with Crippen LogP contribution in [0.5, 0.6) is 0 Å². The molecule has 6 nitrogen and oxygen atoms in total. The molecule has 0 aromatic carbocycles. The molecule has 1 aliphatic heterocycles. The molecule has 0 bridgehead atoms. The molecule has 1 aromatic heterocycles. The van der Waals surface area contributed by atoms with Gasteiger partial charge in [-0.15, -0.1) is 0 Å². The maximum absolute atomic E-state index is 12.1. The van der Waals surface area contributed by atoms with Crippen molar-refractivity contribution in [2.24, 2.45) is 5.92 Å². The molecule has 1 saturated heterocycles. The summed E-state index contributed by atoms with van der Waals surface area (Å²) in [7, 11) is 0. The van der Waals surface area contributed by atoms with Gasteiger partial charge >= 0.3 is 0 Å². The van der Waals surface area contributed by atoms with Crippen molar-refractivity contribution in [2.75, 3.05) is 19.6 Å². The largest absolute Gasteiger partial charge is 0.444 e. The molecule has 140 valence electrons. The minimum atomic E-state index is -0.553. The number of hydrogen-bond acceptors (Lipinski definition) is 5. The summed E-state index contributed by atoms with van der Waals surface area (Å²) < 4.78 is 5.54. The topological polar surface area (TPSA) is 69.8 Å². The molecule has 0 spiro atoms. The van der Waals surface area contributed by atoms with Crippen LogP contribution in [-0.4, -0.2) is 57.1 Å². The average Bonchev–Trinajstić information content (AvgIpc) is 3.17. The van der Waals surface area contributed by atoms with E-state index >= 15 is 0 Å². The normalized spacial score (nSPS) is 30.6. The maximum atomic E-state index is 12.1. The summed E-state index contributed by atoms with van der Waals surface area (Å²) in [6.45, 7) is 8.62. The van der Waals surface area contributed by atoms with Crippen LogP contribution in [0, 0.1) is 12.8 Å². The van der Waals surface area contributed by atoms with Crippen molar-refractivity contribution < 1.29 is 14.3 Å². The molecule has 1 saturated carbocycles. The number of aliphatic hydroxyl groups is 1. The maximum Gasteiger partial charge on any atom is 0.220 e. The highest BCUT2D eigenvalue weighted by Crippen LogP contribution is 2.33. The van der Waals surface area contributed by atoms with Gasteiger partial charge < -0.3 is 14.4 Å². The number of carbonyl (C=O) groups is 1. The second-order valence-electron chi connectivity index (χ2n) is 8.10. The number of carbonyl (C=O) groups excluding carboxylic acids is 1. The van der Waals surface area contributed by atoms with E-state index < -0.39 is 5.60 Å². The highest BCUT2D eigenvalue weighted by molar-refractivity contribution is 5.73. The van der Waals surface area contributed by atoms with Crippen molar-refractivity contribution in [3.05, 3.63) is 17.8 Å². The Morgan fingerprint density at radius 1 is 1.44 bits per heavy atom. The van der Waals surface area contributed by atoms with E-state index in [1.165, 1.54) is 0 Å². The van der Waals surface area contributed by atoms with Gasteiger partial charge in [-0.2, -0.15) is 0 Å². The van der Waals surface area contributed by atoms with Crippen LogP contribution < -0.4 is 0 Å². The zero-order chi connectivity index (χ0) is 18.0. The zero-order valence-corrected chi connectivity index (χ0v) is 15.7. The van der Waals surface area contributed by atoms with Gasteiger partial charge in [-0.1, -0.05) is 6.92 Å². The van der Waals surface area contributed by atoms with Gasteiger partial charge in [0.2, 0.25) is 11.8 Å². The van der Waals surface area contributed by atoms with E-state index in [1.807, 2.05) is 11.8 Å². The van der Waals surface area contributed by atoms with Crippen molar-refractivity contribution in [3.8, 4) is 0 Å². The molecule has 25 heavy (non-hydrogen) atoms. The Kier molecular flexibility index (Phi) is 5.49. The molecule has 1 N–H and O–H groups in total. The summed E-state index contributed by atoms with van der Waals surface area (Å²) in [5, 5.41) is 10.9. The molecule has 0 radical (unpaired) electrons. The number of likely N-dealkylation sites (tertiary alicyclic amines) is 1. The Morgan fingerprint density at radius 2 is 2.16 bits per heavy atom. The second-order valence-corrected chi connectivity index (χ2v) is 8.10. The number of rotatable bonds is 5. The summed E-state index contributed by atoms with van der Waals surface area (Å²) in [5.74, 6) is 2.13. The van der Waals surface area contributed by atoms with Crippen LogP contribution in [0.15, 0.2) is 10.6 Å². The van der Waals surface area contributed by atoms with Crippen LogP contribution in [-0.2, 0) is 11.3 Å². The van der Waals surface area contributed by atoms with Crippen molar-refractivity contribution in [3.63, 3.8) is 0 Å². The molecular weight excluding hydrogens is 318 g/mol. The molecule has 1 aromatic rings. The average molecular weight is 349 g/mol. The molecule has 1 amide bonds. The molecule has 0 unspecified atom stereocenters. The molecular formula is C19H31N3O3. The first kappa shape index (κ1) is 18.4. The molecule has 2 aliphatic rings. The van der Waals surface area contributed by atoms with E-state index in [9.17, 15) is 9.90 Å². The first-order valence-corrected chi connectivity index (χ1v) is 9.48. The Hall–Kier alpha value is -1.40. The fourth-order valence-electron chi connectivity index (χ4n) is 4.20. The number of nitrogens with zero attached hydrogens (tertiary/aromatic N) is 3. The molecule has 2 fully saturated rings. The summed E-state index contributed by atoms with van der Waals surface area (Å²) in [6.07, 6.45) is 6.62. The summed E-state index contributed by atoms with van der Waals surface area (Å²) >= 11 is 0. The Bertz CT molecular complexity index is 592. The van der Waals surface area contributed by atoms with Gasteiger partial charge in [0.1, 0.15) is 5.76 Å². The Morgan fingerprint density at radius 3 is 2.76 bits per heavy atom. The number of β-amino-alcohol motifs (C(OH)–C–C–N with tert-alkyl or cyclic N) is 1. The van der Waals surface area contributed by atoms with Gasteiger partial charge in [0.15, 0.2) is 0 Å². The third-order valence-electron chi connectivity index (χ3n) is 5.79. The lowest BCUT2D eigenvalue weighted by atomic mass is 9.79. The standard InChI is InChI=1S/C19H31N3O3/c1-14-4-7-19(24,8-5-14)13-21-9-6-17(11-21)22(16(3)23)12-18-20-10-15(2)25-18/h10,14,17,24H,4-9,11-13H2,1-3H3/t14?,17-,19?/m0/s1. The monoisotopic (exact) mass is 349 g/mol. The minimum absolute atomic E-state index is 0.0490. The fraction of sp³-hybridized carbons (Fsp3) is 0.789. The van der Waals surface area contributed by atoms with Crippen molar-refractivity contribution in [1.29, 1.82) is 0 Å². The van der Waals surface area contributed by atoms with Crippen molar-refractivity contribution in [1.82, 2.24) is 14.8 Å². The van der Waals surface area contributed by atoms with Crippen LogP contribution >= 0.6 is 0 Å². The van der Waals surface area contributed by atoms with Crippen LogP contribution in [0.4, 0.5) is 0 Å². The molecule has 1 aliphatic carbocycles. The Labute approximate surface area is 150 Å². The van der Waals surface area contributed by atoms with Crippen molar-refractivity contribution in [2.45, 2.75) is 71.1 Å². The lowest BCUT2D eigenvalue weighted by Crippen LogP contribution is -2.46. The van der Waals surface area contributed by atoms with E-state index in [4.69, 9.17) is 4.42 Å². The first-order chi connectivity index (χ1) is 11.8. The lowest BCUT2D eigenvalue weighted by molar-refractivity contribution is -0.132. The quantitative estimate of drug-likeness (QED) is 0.884. The van der Waals surface area contributed by atoms with E-state index in [2.05, 4.69) is 16.8 Å². The van der Waals surface area contributed by atoms with E-state index in [0.29, 0.717) is 12.4 Å². The van der Waals surface area contributed by atoms with Gasteiger partial charge in [0.05, 0.1) is 18.3 Å². The van der Waals surface area contributed by atoms with Crippen molar-refractivity contribution >= 4 is 5.91 Å². The van der Waals surface area contributed by atoms with E-state index in [1.54, 1.807) is 13.1 Å². The summed E-state index contributed by atoms with van der Waals surface area (Å²) in [5.41, 5.74) is -0.553. The van der Waals surface area contributed by atoms with Crippen LogP contribution in [0.25, 0.3) is 0 Å². The number of amides is 1. The summed E-state index contributed by atoms with van der Waals surface area (Å²) in [6, 6.07) is 0.163. The van der Waals surface area contributed by atoms with Gasteiger partial charge in [0.25, 0.3) is 0 Å². The smallest absolute Gasteiger partial charge is 0.220 e. The summed E-state index contributed by atoms with van der Waals surface area (Å²) in [4.78, 5) is 20.5. The molecule has 1 atom stereocenters. The predicted molar refractivity (Wildman–Crippen MR) is 94.9 cm³/mol. The number of oxazole rings is 1. The van der Waals surface area contributed by atoms with Gasteiger partial charge in [-0.25, -0.2) is 4.98 Å². The number of aromatic nitrogens is 1. The first-order valence-electron chi connectivity index (χ1n) is 9.48. The third-order valence-corrected chi connectivity index (χ3v) is 5.79. The SMILES string of the molecule is CC(=O)N(Cc1ncc(C)o1)[C@H]1CCN(CC2(O)CCC(C)CC2)C1. The van der Waals surface area contributed by atoms with Gasteiger partial charge in [-0.05, 0) is 44.9 Å².